The molecule has 6 heteroatoms. The summed E-state index contributed by atoms with van der Waals surface area (Å²) in [7, 11) is 0. The SMILES string of the molecule is CCOC(=O)c1cc2cc(C(O)O)[nH]c2cc1Cl. The highest BCUT2D eigenvalue weighted by atomic mass is 35.5. The third-order valence-electron chi connectivity index (χ3n) is 2.50. The molecule has 0 amide bonds. The van der Waals surface area contributed by atoms with Crippen LogP contribution in [0.15, 0.2) is 18.2 Å². The van der Waals surface area contributed by atoms with Gasteiger partial charge in [-0.3, -0.25) is 0 Å². The molecular weight excluding hydrogens is 258 g/mol. The molecule has 0 fully saturated rings. The molecule has 0 aliphatic heterocycles. The number of aliphatic hydroxyl groups excluding tert-OH is 1. The Bertz CT molecular complexity index is 591. The summed E-state index contributed by atoms with van der Waals surface area (Å²) in [5, 5.41) is 19.0. The second kappa shape index (κ2) is 4.97. The lowest BCUT2D eigenvalue weighted by molar-refractivity contribution is -0.0453. The van der Waals surface area contributed by atoms with Gasteiger partial charge < -0.3 is 19.9 Å². The molecule has 0 aliphatic rings. The number of H-pyrrole nitrogens is 1. The highest BCUT2D eigenvalue weighted by Crippen LogP contribution is 2.26. The zero-order valence-corrected chi connectivity index (χ0v) is 10.4. The standard InChI is InChI=1S/C12H12ClNO4/c1-2-18-12(17)7-3-6-4-10(11(15)16)14-9(6)5-8(7)13/h3-5,11,14-16H,2H2,1H3. The quantitative estimate of drug-likeness (QED) is 0.588. The molecule has 0 bridgehead atoms. The highest BCUT2D eigenvalue weighted by Gasteiger charge is 2.15. The van der Waals surface area contributed by atoms with Crippen molar-refractivity contribution in [1.29, 1.82) is 0 Å². The average Bonchev–Trinajstić information content (AvgIpc) is 2.71. The van der Waals surface area contributed by atoms with Gasteiger partial charge in [-0.05, 0) is 25.1 Å². The van der Waals surface area contributed by atoms with Gasteiger partial charge in [-0.2, -0.15) is 0 Å². The highest BCUT2D eigenvalue weighted by molar-refractivity contribution is 6.34. The van der Waals surface area contributed by atoms with Crippen LogP contribution in [0.5, 0.6) is 0 Å². The second-order valence-corrected chi connectivity index (χ2v) is 4.15. The van der Waals surface area contributed by atoms with Crippen LogP contribution in [0.1, 0.15) is 29.3 Å². The number of rotatable bonds is 3. The van der Waals surface area contributed by atoms with Crippen molar-refractivity contribution < 1.29 is 19.7 Å². The Morgan fingerprint density at radius 3 is 2.78 bits per heavy atom. The summed E-state index contributed by atoms with van der Waals surface area (Å²) in [5.74, 6) is -0.503. The molecule has 3 N–H and O–H groups in total. The minimum absolute atomic E-state index is 0.238. The van der Waals surface area contributed by atoms with Gasteiger partial charge in [-0.1, -0.05) is 11.6 Å². The number of aromatic amines is 1. The number of nitrogens with one attached hydrogen (secondary N) is 1. The Balaban J connectivity index is 2.50. The Kier molecular flexibility index (Phi) is 3.56. The molecule has 5 nitrogen and oxygen atoms in total. The smallest absolute Gasteiger partial charge is 0.339 e. The fourth-order valence-corrected chi connectivity index (χ4v) is 1.92. The molecule has 0 aliphatic carbocycles. The largest absolute Gasteiger partial charge is 0.462 e. The fourth-order valence-electron chi connectivity index (χ4n) is 1.68. The van der Waals surface area contributed by atoms with E-state index in [2.05, 4.69) is 4.98 Å². The maximum Gasteiger partial charge on any atom is 0.339 e. The van der Waals surface area contributed by atoms with E-state index >= 15 is 0 Å². The summed E-state index contributed by atoms with van der Waals surface area (Å²) in [6, 6.07) is 4.64. The number of esters is 1. The lowest BCUT2D eigenvalue weighted by Crippen LogP contribution is -2.05. The van der Waals surface area contributed by atoms with Crippen LogP contribution in [0, 0.1) is 0 Å². The van der Waals surface area contributed by atoms with Crippen LogP contribution in [-0.2, 0) is 4.74 Å². The van der Waals surface area contributed by atoms with Crippen LogP contribution in [0.25, 0.3) is 10.9 Å². The van der Waals surface area contributed by atoms with Gasteiger partial charge in [0, 0.05) is 10.9 Å². The average molecular weight is 270 g/mol. The maximum absolute atomic E-state index is 11.6. The lowest BCUT2D eigenvalue weighted by atomic mass is 10.1. The minimum atomic E-state index is -1.60. The Morgan fingerprint density at radius 2 is 2.17 bits per heavy atom. The van der Waals surface area contributed by atoms with E-state index in [1.54, 1.807) is 25.1 Å². The van der Waals surface area contributed by atoms with E-state index in [0.717, 1.165) is 0 Å². The normalized spacial score (nSPS) is 11.2. The van der Waals surface area contributed by atoms with Gasteiger partial charge in [0.2, 0.25) is 0 Å². The van der Waals surface area contributed by atoms with Gasteiger partial charge in [-0.15, -0.1) is 0 Å². The third-order valence-corrected chi connectivity index (χ3v) is 2.82. The molecule has 0 atom stereocenters. The number of aliphatic hydroxyl groups is 2. The van der Waals surface area contributed by atoms with Crippen molar-refractivity contribution in [2.45, 2.75) is 13.2 Å². The molecule has 1 heterocycles. The van der Waals surface area contributed by atoms with Crippen LogP contribution >= 0.6 is 11.6 Å². The topological polar surface area (TPSA) is 82.6 Å². The lowest BCUT2D eigenvalue weighted by Gasteiger charge is -2.04. The van der Waals surface area contributed by atoms with Gasteiger partial charge in [0.05, 0.1) is 22.9 Å². The van der Waals surface area contributed by atoms with Crippen LogP contribution in [0.2, 0.25) is 5.02 Å². The first-order chi connectivity index (χ1) is 8.52. The number of hydrogen-bond acceptors (Lipinski definition) is 4. The number of aromatic nitrogens is 1. The number of carbonyl (C=O) groups excluding carboxylic acids is 1. The van der Waals surface area contributed by atoms with Gasteiger partial charge in [0.1, 0.15) is 0 Å². The summed E-state index contributed by atoms with van der Waals surface area (Å²) in [5.41, 5.74) is 1.11. The molecule has 0 saturated carbocycles. The molecule has 2 aromatic rings. The summed E-state index contributed by atoms with van der Waals surface area (Å²) in [4.78, 5) is 14.4. The number of halogens is 1. The molecule has 0 radical (unpaired) electrons. The first kappa shape index (κ1) is 12.9. The van der Waals surface area contributed by atoms with Crippen molar-refractivity contribution in [2.75, 3.05) is 6.61 Å². The molecule has 2 rings (SSSR count). The predicted molar refractivity (Wildman–Crippen MR) is 66.4 cm³/mol. The number of hydrogen-bond donors (Lipinski definition) is 3. The first-order valence-corrected chi connectivity index (χ1v) is 5.76. The molecule has 96 valence electrons. The molecule has 0 unspecified atom stereocenters. The van der Waals surface area contributed by atoms with E-state index < -0.39 is 12.3 Å². The van der Waals surface area contributed by atoms with E-state index in [4.69, 9.17) is 26.6 Å². The third kappa shape index (κ3) is 2.33. The predicted octanol–water partition coefficient (Wildman–Crippen LogP) is 1.98. The maximum atomic E-state index is 11.6. The monoisotopic (exact) mass is 269 g/mol. The van der Waals surface area contributed by atoms with E-state index in [0.29, 0.717) is 10.9 Å². The Labute approximate surface area is 108 Å². The van der Waals surface area contributed by atoms with Crippen molar-refractivity contribution in [1.82, 2.24) is 4.98 Å². The molecule has 0 saturated heterocycles. The molecular formula is C12H12ClNO4. The van der Waals surface area contributed by atoms with E-state index in [1.165, 1.54) is 0 Å². The van der Waals surface area contributed by atoms with Gasteiger partial charge in [-0.25, -0.2) is 4.79 Å². The summed E-state index contributed by atoms with van der Waals surface area (Å²) < 4.78 is 4.88. The van der Waals surface area contributed by atoms with Crippen LogP contribution in [0.4, 0.5) is 0 Å². The van der Waals surface area contributed by atoms with Crippen molar-refractivity contribution in [3.05, 3.63) is 34.5 Å². The molecule has 1 aromatic heterocycles. The van der Waals surface area contributed by atoms with Crippen molar-refractivity contribution in [3.8, 4) is 0 Å². The zero-order valence-electron chi connectivity index (χ0n) is 9.61. The van der Waals surface area contributed by atoms with Gasteiger partial charge in [0.15, 0.2) is 6.29 Å². The van der Waals surface area contributed by atoms with Crippen LogP contribution in [0.3, 0.4) is 0 Å². The van der Waals surface area contributed by atoms with E-state index in [1.807, 2.05) is 0 Å². The number of fused-ring (bicyclic) bond motifs is 1. The number of carbonyl (C=O) groups is 1. The summed E-state index contributed by atoms with van der Waals surface area (Å²) >= 11 is 5.98. The van der Waals surface area contributed by atoms with Crippen molar-refractivity contribution >= 4 is 28.5 Å². The molecule has 0 spiro atoms. The van der Waals surface area contributed by atoms with Crippen molar-refractivity contribution in [2.24, 2.45) is 0 Å². The first-order valence-electron chi connectivity index (χ1n) is 5.38. The number of benzene rings is 1. The molecule has 18 heavy (non-hydrogen) atoms. The summed E-state index contributed by atoms with van der Waals surface area (Å²) in [6.07, 6.45) is -1.60. The van der Waals surface area contributed by atoms with Crippen molar-refractivity contribution in [3.63, 3.8) is 0 Å². The van der Waals surface area contributed by atoms with Gasteiger partial charge in [0.25, 0.3) is 0 Å². The zero-order chi connectivity index (χ0) is 13.3. The Hall–Kier alpha value is -1.56. The fraction of sp³-hybridized carbons (Fsp3) is 0.250. The van der Waals surface area contributed by atoms with Crippen LogP contribution in [-0.4, -0.2) is 27.8 Å². The number of ether oxygens (including phenoxy) is 1. The molecule has 1 aromatic carbocycles. The minimum Gasteiger partial charge on any atom is -0.462 e. The second-order valence-electron chi connectivity index (χ2n) is 3.74. The Morgan fingerprint density at radius 1 is 1.44 bits per heavy atom. The van der Waals surface area contributed by atoms with Gasteiger partial charge >= 0.3 is 5.97 Å². The van der Waals surface area contributed by atoms with E-state index in [9.17, 15) is 4.79 Å². The summed E-state index contributed by atoms with van der Waals surface area (Å²) in [6.45, 7) is 1.97. The van der Waals surface area contributed by atoms with E-state index in [-0.39, 0.29) is 22.9 Å². The van der Waals surface area contributed by atoms with Crippen LogP contribution < -0.4 is 0 Å².